The Bertz CT molecular complexity index is 524. The zero-order valence-electron chi connectivity index (χ0n) is 11.7. The third kappa shape index (κ3) is 2.67. The predicted molar refractivity (Wildman–Crippen MR) is 72.6 cm³/mol. The first kappa shape index (κ1) is 14.5. The Hall–Kier alpha value is -1.89. The second-order valence-electron chi connectivity index (χ2n) is 5.43. The van der Waals surface area contributed by atoms with Crippen LogP contribution in [0.4, 0.5) is 5.69 Å². The molecule has 1 amide bonds. The lowest BCUT2D eigenvalue weighted by Gasteiger charge is -2.18. The molecule has 1 N–H and O–H groups in total. The van der Waals surface area contributed by atoms with E-state index in [2.05, 4.69) is 0 Å². The van der Waals surface area contributed by atoms with Crippen molar-refractivity contribution < 1.29 is 14.8 Å². The Kier molecular flexibility index (Phi) is 4.08. The molecular weight excluding hydrogens is 262 g/mol. The Morgan fingerprint density at radius 1 is 1.60 bits per heavy atom. The third-order valence-corrected chi connectivity index (χ3v) is 3.65. The van der Waals surface area contributed by atoms with E-state index in [1.54, 1.807) is 9.47 Å². The Morgan fingerprint density at radius 2 is 2.30 bits per heavy atom. The molecule has 1 atom stereocenters. The SMILES string of the molecule is CC(C)n1cc([N+](=O)[O-])cc1C(=O)N1CCC(CO)C1. The molecule has 1 aromatic rings. The van der Waals surface area contributed by atoms with Crippen LogP contribution in [-0.2, 0) is 0 Å². The summed E-state index contributed by atoms with van der Waals surface area (Å²) in [6.45, 7) is 4.91. The van der Waals surface area contributed by atoms with Crippen LogP contribution in [0.25, 0.3) is 0 Å². The van der Waals surface area contributed by atoms with Gasteiger partial charge >= 0.3 is 0 Å². The zero-order valence-corrected chi connectivity index (χ0v) is 11.7. The molecule has 1 aromatic heterocycles. The van der Waals surface area contributed by atoms with E-state index in [4.69, 9.17) is 5.11 Å². The molecule has 0 aliphatic carbocycles. The van der Waals surface area contributed by atoms with E-state index in [9.17, 15) is 14.9 Å². The van der Waals surface area contributed by atoms with Crippen molar-refractivity contribution in [2.45, 2.75) is 26.3 Å². The largest absolute Gasteiger partial charge is 0.396 e. The zero-order chi connectivity index (χ0) is 14.9. The average molecular weight is 281 g/mol. The smallest absolute Gasteiger partial charge is 0.287 e. The second-order valence-corrected chi connectivity index (χ2v) is 5.43. The van der Waals surface area contributed by atoms with Crippen LogP contribution in [0.1, 0.15) is 36.8 Å². The number of aliphatic hydroxyl groups excluding tert-OH is 1. The van der Waals surface area contributed by atoms with Crippen molar-refractivity contribution in [2.24, 2.45) is 5.92 Å². The second kappa shape index (κ2) is 5.62. The Balaban J connectivity index is 2.27. The van der Waals surface area contributed by atoms with Gasteiger partial charge in [-0.25, -0.2) is 0 Å². The van der Waals surface area contributed by atoms with Crippen molar-refractivity contribution in [3.05, 3.63) is 28.1 Å². The molecule has 1 aliphatic rings. The van der Waals surface area contributed by atoms with E-state index in [1.165, 1.54) is 12.3 Å². The van der Waals surface area contributed by atoms with Gasteiger partial charge in [-0.05, 0) is 20.3 Å². The summed E-state index contributed by atoms with van der Waals surface area (Å²) in [6, 6.07) is 1.30. The number of aliphatic hydroxyl groups is 1. The first-order valence-electron chi connectivity index (χ1n) is 6.70. The highest BCUT2D eigenvalue weighted by Gasteiger charge is 2.30. The van der Waals surface area contributed by atoms with Crippen LogP contribution in [0.15, 0.2) is 12.3 Å². The lowest BCUT2D eigenvalue weighted by atomic mass is 10.1. The van der Waals surface area contributed by atoms with Gasteiger partial charge in [0.1, 0.15) is 5.69 Å². The normalized spacial score (nSPS) is 18.8. The van der Waals surface area contributed by atoms with Crippen molar-refractivity contribution in [2.75, 3.05) is 19.7 Å². The fraction of sp³-hybridized carbons (Fsp3) is 0.615. The number of hydrogen-bond donors (Lipinski definition) is 1. The number of rotatable bonds is 4. The van der Waals surface area contributed by atoms with E-state index in [0.29, 0.717) is 18.8 Å². The van der Waals surface area contributed by atoms with Crippen molar-refractivity contribution in [3.63, 3.8) is 0 Å². The van der Waals surface area contributed by atoms with E-state index in [0.717, 1.165) is 6.42 Å². The van der Waals surface area contributed by atoms with Gasteiger partial charge < -0.3 is 14.6 Å². The van der Waals surface area contributed by atoms with Crippen LogP contribution in [0.5, 0.6) is 0 Å². The fourth-order valence-corrected chi connectivity index (χ4v) is 2.49. The van der Waals surface area contributed by atoms with Crippen molar-refractivity contribution in [1.82, 2.24) is 9.47 Å². The minimum atomic E-state index is -0.490. The number of nitro groups is 1. The highest BCUT2D eigenvalue weighted by Crippen LogP contribution is 2.24. The number of amides is 1. The van der Waals surface area contributed by atoms with E-state index >= 15 is 0 Å². The van der Waals surface area contributed by atoms with Crippen LogP contribution in [0.2, 0.25) is 0 Å². The van der Waals surface area contributed by atoms with Crippen molar-refractivity contribution in [1.29, 1.82) is 0 Å². The average Bonchev–Trinajstić information content (AvgIpc) is 3.04. The highest BCUT2D eigenvalue weighted by molar-refractivity contribution is 5.93. The molecule has 0 radical (unpaired) electrons. The standard InChI is InChI=1S/C13H19N3O4/c1-9(2)15-7-11(16(19)20)5-12(15)13(18)14-4-3-10(6-14)8-17/h5,7,9-10,17H,3-4,6,8H2,1-2H3. The number of nitrogens with zero attached hydrogens (tertiary/aromatic N) is 3. The molecule has 7 heteroatoms. The summed E-state index contributed by atoms with van der Waals surface area (Å²) in [5.41, 5.74) is 0.269. The molecule has 2 heterocycles. The summed E-state index contributed by atoms with van der Waals surface area (Å²) in [5.74, 6) is -0.0980. The first-order chi connectivity index (χ1) is 9.43. The van der Waals surface area contributed by atoms with Crippen molar-refractivity contribution >= 4 is 11.6 Å². The lowest BCUT2D eigenvalue weighted by molar-refractivity contribution is -0.384. The molecule has 1 unspecified atom stereocenters. The van der Waals surface area contributed by atoms with Crippen LogP contribution in [-0.4, -0.2) is 45.1 Å². The minimum absolute atomic E-state index is 0.0288. The molecule has 0 spiro atoms. The molecule has 1 fully saturated rings. The molecule has 20 heavy (non-hydrogen) atoms. The maximum Gasteiger partial charge on any atom is 0.287 e. The van der Waals surface area contributed by atoms with Gasteiger partial charge in [0.15, 0.2) is 0 Å². The van der Waals surface area contributed by atoms with Gasteiger partial charge in [-0.3, -0.25) is 14.9 Å². The number of likely N-dealkylation sites (tertiary alicyclic amines) is 1. The highest BCUT2D eigenvalue weighted by atomic mass is 16.6. The lowest BCUT2D eigenvalue weighted by Crippen LogP contribution is -2.31. The number of carbonyl (C=O) groups excluding carboxylic acids is 1. The number of carbonyl (C=O) groups is 1. The first-order valence-corrected chi connectivity index (χ1v) is 6.70. The fourth-order valence-electron chi connectivity index (χ4n) is 2.49. The van der Waals surface area contributed by atoms with Gasteiger partial charge in [0.2, 0.25) is 0 Å². The molecule has 7 nitrogen and oxygen atoms in total. The summed E-state index contributed by atoms with van der Waals surface area (Å²) in [5, 5.41) is 20.0. The summed E-state index contributed by atoms with van der Waals surface area (Å²) < 4.78 is 1.63. The molecule has 0 bridgehead atoms. The van der Waals surface area contributed by atoms with Gasteiger partial charge in [-0.2, -0.15) is 0 Å². The maximum absolute atomic E-state index is 12.5. The summed E-state index contributed by atoms with van der Waals surface area (Å²) >= 11 is 0. The van der Waals surface area contributed by atoms with E-state index < -0.39 is 4.92 Å². The minimum Gasteiger partial charge on any atom is -0.396 e. The van der Waals surface area contributed by atoms with E-state index in [1.807, 2.05) is 13.8 Å². The topological polar surface area (TPSA) is 88.6 Å². The summed E-state index contributed by atoms with van der Waals surface area (Å²) in [6.07, 6.45) is 2.17. The summed E-state index contributed by atoms with van der Waals surface area (Å²) in [4.78, 5) is 24.5. The molecule has 1 aliphatic heterocycles. The van der Waals surface area contributed by atoms with Crippen LogP contribution in [0, 0.1) is 16.0 Å². The van der Waals surface area contributed by atoms with Gasteiger partial charge in [0, 0.05) is 37.7 Å². The molecule has 1 saturated heterocycles. The predicted octanol–water partition coefficient (Wildman–Crippen LogP) is 1.43. The van der Waals surface area contributed by atoms with Gasteiger partial charge in [-0.15, -0.1) is 0 Å². The molecule has 2 rings (SSSR count). The van der Waals surface area contributed by atoms with Crippen LogP contribution in [0.3, 0.4) is 0 Å². The number of hydrogen-bond acceptors (Lipinski definition) is 4. The van der Waals surface area contributed by atoms with Crippen LogP contribution < -0.4 is 0 Å². The molecule has 0 saturated carbocycles. The van der Waals surface area contributed by atoms with Gasteiger partial charge in [0.25, 0.3) is 11.6 Å². The number of aromatic nitrogens is 1. The Labute approximate surface area is 116 Å². The van der Waals surface area contributed by atoms with Gasteiger partial charge in [-0.1, -0.05) is 0 Å². The summed E-state index contributed by atoms with van der Waals surface area (Å²) in [7, 11) is 0. The third-order valence-electron chi connectivity index (χ3n) is 3.65. The molecule has 0 aromatic carbocycles. The maximum atomic E-state index is 12.5. The quantitative estimate of drug-likeness (QED) is 0.668. The Morgan fingerprint density at radius 3 is 2.80 bits per heavy atom. The van der Waals surface area contributed by atoms with Gasteiger partial charge in [0.05, 0.1) is 11.1 Å². The van der Waals surface area contributed by atoms with Crippen LogP contribution >= 0.6 is 0 Å². The van der Waals surface area contributed by atoms with Crippen molar-refractivity contribution in [3.8, 4) is 0 Å². The monoisotopic (exact) mass is 281 g/mol. The van der Waals surface area contributed by atoms with E-state index in [-0.39, 0.29) is 30.2 Å². The molecular formula is C13H19N3O4. The molecule has 110 valence electrons.